The Morgan fingerprint density at radius 1 is 1.41 bits per heavy atom. The molecule has 0 saturated carbocycles. The van der Waals surface area contributed by atoms with Crippen molar-refractivity contribution in [3.8, 4) is 0 Å². The molecule has 0 bridgehead atoms. The van der Waals surface area contributed by atoms with Crippen molar-refractivity contribution in [2.24, 2.45) is 0 Å². The molecule has 1 aromatic heterocycles. The van der Waals surface area contributed by atoms with Crippen LogP contribution in [0, 0.1) is 0 Å². The van der Waals surface area contributed by atoms with Crippen LogP contribution < -0.4 is 5.32 Å². The molecule has 0 radical (unpaired) electrons. The molecule has 118 valence electrons. The molecule has 2 fully saturated rings. The van der Waals surface area contributed by atoms with E-state index < -0.39 is 0 Å². The number of carbonyl (C=O) groups excluding carboxylic acids is 2. The average Bonchev–Trinajstić information content (AvgIpc) is 2.57. The summed E-state index contributed by atoms with van der Waals surface area (Å²) in [7, 11) is 0. The zero-order valence-corrected chi connectivity index (χ0v) is 13.1. The van der Waals surface area contributed by atoms with Gasteiger partial charge in [-0.25, -0.2) is 4.98 Å². The maximum Gasteiger partial charge on any atom is 0.246 e. The summed E-state index contributed by atoms with van der Waals surface area (Å²) >= 11 is 1.46. The summed E-state index contributed by atoms with van der Waals surface area (Å²) in [5.41, 5.74) is -0.279. The normalized spacial score (nSPS) is 20.7. The Labute approximate surface area is 133 Å². The molecule has 22 heavy (non-hydrogen) atoms. The van der Waals surface area contributed by atoms with Crippen LogP contribution in [0.25, 0.3) is 0 Å². The van der Waals surface area contributed by atoms with Crippen molar-refractivity contribution in [3.05, 3.63) is 24.4 Å². The molecular formula is C15H19N3O3S. The minimum Gasteiger partial charge on any atom is -0.363 e. The van der Waals surface area contributed by atoms with Crippen molar-refractivity contribution in [1.82, 2.24) is 15.2 Å². The van der Waals surface area contributed by atoms with Crippen LogP contribution in [0.4, 0.5) is 0 Å². The molecular weight excluding hydrogens is 302 g/mol. The smallest absolute Gasteiger partial charge is 0.246 e. The van der Waals surface area contributed by atoms with Gasteiger partial charge >= 0.3 is 0 Å². The first-order chi connectivity index (χ1) is 10.7. The van der Waals surface area contributed by atoms with E-state index in [9.17, 15) is 9.59 Å². The fourth-order valence-electron chi connectivity index (χ4n) is 2.72. The van der Waals surface area contributed by atoms with E-state index in [0.717, 1.165) is 17.9 Å². The van der Waals surface area contributed by atoms with Crippen molar-refractivity contribution < 1.29 is 14.3 Å². The van der Waals surface area contributed by atoms with Crippen molar-refractivity contribution in [1.29, 1.82) is 0 Å². The lowest BCUT2D eigenvalue weighted by molar-refractivity contribution is -0.153. The highest BCUT2D eigenvalue weighted by atomic mass is 32.2. The predicted octanol–water partition coefficient (Wildman–Crippen LogP) is 0.681. The number of aromatic nitrogens is 1. The molecule has 6 nitrogen and oxygen atoms in total. The third-order valence-corrected chi connectivity index (χ3v) is 5.05. The highest BCUT2D eigenvalue weighted by Crippen LogP contribution is 2.28. The van der Waals surface area contributed by atoms with E-state index in [4.69, 9.17) is 4.74 Å². The van der Waals surface area contributed by atoms with Gasteiger partial charge in [-0.1, -0.05) is 17.8 Å². The fraction of sp³-hybridized carbons (Fsp3) is 0.533. The number of hydrogen-bond donors (Lipinski definition) is 1. The van der Waals surface area contributed by atoms with E-state index in [1.165, 1.54) is 11.8 Å². The Balaban J connectivity index is 1.47. The highest BCUT2D eigenvalue weighted by molar-refractivity contribution is 7.99. The van der Waals surface area contributed by atoms with Crippen molar-refractivity contribution >= 4 is 23.6 Å². The van der Waals surface area contributed by atoms with Crippen LogP contribution in [0.15, 0.2) is 29.4 Å². The molecule has 1 spiro atoms. The molecule has 7 heteroatoms. The standard InChI is InChI=1S/C15H19N3O3S/c19-12-9-21-15(11-17-12)4-7-18(8-5-15)14(20)10-22-13-3-1-2-6-16-13/h1-3,6H,4-5,7-11H2,(H,17,19). The Kier molecular flexibility index (Phi) is 4.63. The minimum absolute atomic E-state index is 0.0594. The first kappa shape index (κ1) is 15.3. The van der Waals surface area contributed by atoms with Gasteiger partial charge in [-0.2, -0.15) is 0 Å². The zero-order chi connectivity index (χ0) is 15.4. The first-order valence-corrected chi connectivity index (χ1v) is 8.38. The summed E-state index contributed by atoms with van der Waals surface area (Å²) in [6.45, 7) is 2.04. The van der Waals surface area contributed by atoms with E-state index >= 15 is 0 Å². The third-order valence-electron chi connectivity index (χ3n) is 4.13. The average molecular weight is 321 g/mol. The third kappa shape index (κ3) is 3.59. The number of pyridine rings is 1. The number of amides is 2. The van der Waals surface area contributed by atoms with Crippen molar-refractivity contribution in [2.75, 3.05) is 32.0 Å². The molecule has 2 saturated heterocycles. The molecule has 2 aliphatic rings. The number of nitrogens with one attached hydrogen (secondary N) is 1. The topological polar surface area (TPSA) is 71.5 Å². The van der Waals surface area contributed by atoms with Crippen LogP contribution in [-0.4, -0.2) is 59.3 Å². The van der Waals surface area contributed by atoms with Gasteiger partial charge in [-0.15, -0.1) is 0 Å². The number of nitrogens with zero attached hydrogens (tertiary/aromatic N) is 2. The molecule has 2 aliphatic heterocycles. The summed E-state index contributed by atoms with van der Waals surface area (Å²) in [6, 6.07) is 5.68. The van der Waals surface area contributed by atoms with Gasteiger partial charge < -0.3 is 15.0 Å². The van der Waals surface area contributed by atoms with E-state index in [1.54, 1.807) is 6.20 Å². The summed E-state index contributed by atoms with van der Waals surface area (Å²) in [4.78, 5) is 29.5. The van der Waals surface area contributed by atoms with Crippen LogP contribution in [0.1, 0.15) is 12.8 Å². The first-order valence-electron chi connectivity index (χ1n) is 7.39. The second-order valence-electron chi connectivity index (χ2n) is 5.59. The molecule has 0 atom stereocenters. The number of carbonyl (C=O) groups is 2. The highest BCUT2D eigenvalue weighted by Gasteiger charge is 2.39. The van der Waals surface area contributed by atoms with Crippen molar-refractivity contribution in [3.63, 3.8) is 0 Å². The maximum absolute atomic E-state index is 12.3. The second-order valence-corrected chi connectivity index (χ2v) is 6.58. The van der Waals surface area contributed by atoms with Gasteiger partial charge in [0, 0.05) is 25.8 Å². The molecule has 3 heterocycles. The lowest BCUT2D eigenvalue weighted by Crippen LogP contribution is -2.58. The predicted molar refractivity (Wildman–Crippen MR) is 82.5 cm³/mol. The monoisotopic (exact) mass is 321 g/mol. The number of morpholine rings is 1. The Bertz CT molecular complexity index is 532. The molecule has 0 aromatic carbocycles. The van der Waals surface area contributed by atoms with Crippen LogP contribution in [-0.2, 0) is 14.3 Å². The minimum atomic E-state index is -0.279. The van der Waals surface area contributed by atoms with Crippen LogP contribution in [0.3, 0.4) is 0 Å². The van der Waals surface area contributed by atoms with Gasteiger partial charge in [-0.3, -0.25) is 9.59 Å². The van der Waals surface area contributed by atoms with Crippen LogP contribution >= 0.6 is 11.8 Å². The number of piperidine rings is 1. The Morgan fingerprint density at radius 3 is 2.86 bits per heavy atom. The SMILES string of the molecule is O=C1COC2(CCN(C(=O)CSc3ccccn3)CC2)CN1. The van der Waals surface area contributed by atoms with Gasteiger partial charge in [0.25, 0.3) is 0 Å². The Morgan fingerprint density at radius 2 is 2.23 bits per heavy atom. The largest absolute Gasteiger partial charge is 0.363 e. The molecule has 2 amide bonds. The van der Waals surface area contributed by atoms with Gasteiger partial charge in [0.1, 0.15) is 6.61 Å². The molecule has 0 unspecified atom stereocenters. The van der Waals surface area contributed by atoms with E-state index in [0.29, 0.717) is 25.4 Å². The van der Waals surface area contributed by atoms with Crippen LogP contribution in [0.2, 0.25) is 0 Å². The van der Waals surface area contributed by atoms with E-state index in [1.807, 2.05) is 23.1 Å². The fourth-order valence-corrected chi connectivity index (χ4v) is 3.49. The molecule has 3 rings (SSSR count). The summed E-state index contributed by atoms with van der Waals surface area (Å²) in [6.07, 6.45) is 3.27. The Hall–Kier alpha value is -1.60. The maximum atomic E-state index is 12.3. The summed E-state index contributed by atoms with van der Waals surface area (Å²) in [5.74, 6) is 0.475. The lowest BCUT2D eigenvalue weighted by atomic mass is 9.90. The summed E-state index contributed by atoms with van der Waals surface area (Å²) in [5, 5.41) is 3.72. The zero-order valence-electron chi connectivity index (χ0n) is 12.3. The van der Waals surface area contributed by atoms with Gasteiger partial charge in [0.15, 0.2) is 0 Å². The van der Waals surface area contributed by atoms with Crippen molar-refractivity contribution in [2.45, 2.75) is 23.5 Å². The van der Waals surface area contributed by atoms with Gasteiger partial charge in [0.05, 0.1) is 16.4 Å². The number of ether oxygens (including phenoxy) is 1. The lowest BCUT2D eigenvalue weighted by Gasteiger charge is -2.43. The number of rotatable bonds is 3. The second kappa shape index (κ2) is 6.66. The van der Waals surface area contributed by atoms with Gasteiger partial charge in [0.2, 0.25) is 11.8 Å². The van der Waals surface area contributed by atoms with Gasteiger partial charge in [-0.05, 0) is 25.0 Å². The number of hydrogen-bond acceptors (Lipinski definition) is 5. The number of thioether (sulfide) groups is 1. The van der Waals surface area contributed by atoms with E-state index in [-0.39, 0.29) is 24.0 Å². The quantitative estimate of drug-likeness (QED) is 0.829. The number of likely N-dealkylation sites (tertiary alicyclic amines) is 1. The van der Waals surface area contributed by atoms with E-state index in [2.05, 4.69) is 10.3 Å². The summed E-state index contributed by atoms with van der Waals surface area (Å²) < 4.78 is 5.71. The molecule has 1 aromatic rings. The molecule has 0 aliphatic carbocycles. The molecule has 1 N–H and O–H groups in total. The van der Waals surface area contributed by atoms with Crippen LogP contribution in [0.5, 0.6) is 0 Å².